The van der Waals surface area contributed by atoms with Crippen LogP contribution in [0.25, 0.3) is 11.0 Å². The Morgan fingerprint density at radius 1 is 1.00 bits per heavy atom. The number of fused-ring (bicyclic) bond motifs is 1. The Morgan fingerprint density at radius 3 is 2.30 bits per heavy atom. The average molecular weight is 315 g/mol. The van der Waals surface area contributed by atoms with Crippen molar-refractivity contribution in [3.05, 3.63) is 53.2 Å². The molecule has 4 nitrogen and oxygen atoms in total. The van der Waals surface area contributed by atoms with Crippen molar-refractivity contribution < 1.29 is 18.7 Å². The van der Waals surface area contributed by atoms with Gasteiger partial charge in [-0.1, -0.05) is 11.1 Å². The van der Waals surface area contributed by atoms with Gasteiger partial charge in [0.1, 0.15) is 24.7 Å². The van der Waals surface area contributed by atoms with Crippen molar-refractivity contribution in [2.45, 2.75) is 27.7 Å². The van der Waals surface area contributed by atoms with Crippen LogP contribution < -0.4 is 15.1 Å². The van der Waals surface area contributed by atoms with E-state index in [0.717, 1.165) is 5.39 Å². The summed E-state index contributed by atoms with van der Waals surface area (Å²) >= 11 is 0. The average Bonchev–Trinajstić information content (AvgIpc) is 2.46. The van der Waals surface area contributed by atoms with Crippen molar-refractivity contribution in [2.24, 2.45) is 0 Å². The minimum absolute atomic E-state index is 0.144. The molecule has 0 radical (unpaired) electrons. The van der Waals surface area contributed by atoms with Gasteiger partial charge in [-0.3, -0.25) is 4.42 Å². The molecule has 0 bridgehead atoms. The number of ether oxygens (including phenoxy) is 2. The molecule has 0 unspecified atom stereocenters. The van der Waals surface area contributed by atoms with Crippen LogP contribution in [-0.4, -0.2) is 18.0 Å². The first-order chi connectivity index (χ1) is 11.0. The van der Waals surface area contributed by atoms with Gasteiger partial charge in [0.2, 0.25) is 0 Å². The Labute approximate surface area is 136 Å². The summed E-state index contributed by atoms with van der Waals surface area (Å²) in [6.07, 6.45) is 3.99. The molecule has 1 aromatic carbocycles. The first-order valence-electron chi connectivity index (χ1n) is 7.58. The van der Waals surface area contributed by atoms with Crippen LogP contribution in [0.5, 0.6) is 11.5 Å². The van der Waals surface area contributed by atoms with Gasteiger partial charge in [0, 0.05) is 6.07 Å². The highest BCUT2D eigenvalue weighted by molar-refractivity contribution is 5.85. The summed E-state index contributed by atoms with van der Waals surface area (Å²) in [6, 6.07) is 6.86. The smallest absolute Gasteiger partial charge is 0.489 e. The maximum atomic E-state index is 9.54. The highest BCUT2D eigenvalue weighted by Gasteiger charge is 2.12. The van der Waals surface area contributed by atoms with E-state index < -0.39 is 0 Å². The molecule has 0 aliphatic carbocycles. The number of rotatable bonds is 6. The van der Waals surface area contributed by atoms with Crippen LogP contribution in [0.4, 0.5) is 0 Å². The van der Waals surface area contributed by atoms with Crippen molar-refractivity contribution in [3.8, 4) is 11.5 Å². The van der Waals surface area contributed by atoms with E-state index in [1.807, 2.05) is 45.9 Å². The van der Waals surface area contributed by atoms with Crippen molar-refractivity contribution in [2.75, 3.05) is 13.2 Å². The SMILES string of the molecule is CC(C)=CCOc1cc(OCC=C(C)C)c2ccc(=[OH+])oc2c1. The van der Waals surface area contributed by atoms with Gasteiger partial charge in [0.05, 0.1) is 17.5 Å². The van der Waals surface area contributed by atoms with Crippen LogP contribution in [0.1, 0.15) is 27.7 Å². The number of allylic oxidation sites excluding steroid dienone is 2. The second kappa shape index (κ2) is 7.68. The molecular formula is C19H23O4+. The summed E-state index contributed by atoms with van der Waals surface area (Å²) < 4.78 is 16.9. The minimum atomic E-state index is -0.144. The molecule has 2 aromatic rings. The standard InChI is InChI=1S/C19H22O4/c1-13(2)7-9-21-15-11-17(22-10-8-14(3)4)16-5-6-19(20)23-18(16)12-15/h5-8,11-12H,9-10H2,1-4H3/p+1. The number of hydrogen-bond acceptors (Lipinski definition) is 3. The van der Waals surface area contributed by atoms with Crippen molar-refractivity contribution in [1.82, 2.24) is 0 Å². The summed E-state index contributed by atoms with van der Waals surface area (Å²) in [5.74, 6) is 1.30. The van der Waals surface area contributed by atoms with Crippen molar-refractivity contribution in [1.29, 1.82) is 0 Å². The molecule has 0 aliphatic heterocycles. The lowest BCUT2D eigenvalue weighted by atomic mass is 10.2. The molecule has 0 fully saturated rings. The summed E-state index contributed by atoms with van der Waals surface area (Å²) in [5.41, 5.74) is 2.75. The molecule has 0 amide bonds. The molecule has 0 aliphatic rings. The molecule has 122 valence electrons. The van der Waals surface area contributed by atoms with E-state index in [4.69, 9.17) is 13.9 Å². The van der Waals surface area contributed by atoms with Gasteiger partial charge in [-0.2, -0.15) is 0 Å². The summed E-state index contributed by atoms with van der Waals surface area (Å²) in [4.78, 5) is 9.54. The zero-order valence-corrected chi connectivity index (χ0v) is 14.1. The van der Waals surface area contributed by atoms with Crippen LogP contribution in [-0.2, 0) is 0 Å². The third-order valence-corrected chi connectivity index (χ3v) is 3.16. The number of benzene rings is 1. The Hall–Kier alpha value is -2.49. The van der Waals surface area contributed by atoms with Crippen LogP contribution in [0.2, 0.25) is 0 Å². The van der Waals surface area contributed by atoms with E-state index in [9.17, 15) is 4.79 Å². The minimum Gasteiger partial charge on any atom is -0.489 e. The molecule has 1 aromatic heterocycles. The van der Waals surface area contributed by atoms with Crippen LogP contribution >= 0.6 is 0 Å². The van der Waals surface area contributed by atoms with E-state index in [0.29, 0.717) is 30.3 Å². The first-order valence-corrected chi connectivity index (χ1v) is 7.58. The number of hydrogen-bond donors (Lipinski definition) is 0. The molecule has 0 atom stereocenters. The van der Waals surface area contributed by atoms with E-state index >= 15 is 0 Å². The Kier molecular flexibility index (Phi) is 5.63. The van der Waals surface area contributed by atoms with Crippen LogP contribution in [0, 0.1) is 0 Å². The highest BCUT2D eigenvalue weighted by atomic mass is 16.5. The summed E-state index contributed by atoms with van der Waals surface area (Å²) in [7, 11) is 0. The van der Waals surface area contributed by atoms with Crippen molar-refractivity contribution >= 4 is 11.0 Å². The van der Waals surface area contributed by atoms with E-state index in [2.05, 4.69) is 0 Å². The molecular weight excluding hydrogens is 292 g/mol. The lowest BCUT2D eigenvalue weighted by Gasteiger charge is -2.09. The fourth-order valence-corrected chi connectivity index (χ4v) is 1.93. The Morgan fingerprint density at radius 2 is 1.65 bits per heavy atom. The largest absolute Gasteiger partial charge is 0.516 e. The van der Waals surface area contributed by atoms with Gasteiger partial charge in [-0.25, -0.2) is 0 Å². The Balaban J connectivity index is 2.35. The van der Waals surface area contributed by atoms with Gasteiger partial charge in [-0.15, -0.1) is 0 Å². The molecule has 0 saturated carbocycles. The lowest BCUT2D eigenvalue weighted by Crippen LogP contribution is -2.01. The molecule has 1 N–H and O–H groups in total. The fraction of sp³-hybridized carbons (Fsp3) is 0.316. The first kappa shape index (κ1) is 16.9. The predicted octanol–water partition coefficient (Wildman–Crippen LogP) is 4.13. The van der Waals surface area contributed by atoms with E-state index in [1.165, 1.54) is 17.2 Å². The third kappa shape index (κ3) is 5.02. The van der Waals surface area contributed by atoms with Crippen molar-refractivity contribution in [3.63, 3.8) is 0 Å². The lowest BCUT2D eigenvalue weighted by molar-refractivity contribution is 0.343. The van der Waals surface area contributed by atoms with Gasteiger partial charge < -0.3 is 14.3 Å². The van der Waals surface area contributed by atoms with E-state index in [1.54, 1.807) is 12.1 Å². The molecule has 4 heteroatoms. The summed E-state index contributed by atoms with van der Waals surface area (Å²) in [5, 5.41) is 0.791. The highest BCUT2D eigenvalue weighted by Crippen LogP contribution is 2.30. The third-order valence-electron chi connectivity index (χ3n) is 3.16. The zero-order chi connectivity index (χ0) is 16.8. The quantitative estimate of drug-likeness (QED) is 0.457. The van der Waals surface area contributed by atoms with Crippen LogP contribution in [0.3, 0.4) is 0 Å². The Bertz CT molecular complexity index is 789. The zero-order valence-electron chi connectivity index (χ0n) is 14.1. The maximum Gasteiger partial charge on any atom is 0.516 e. The molecule has 0 saturated heterocycles. The van der Waals surface area contributed by atoms with Gasteiger partial charge >= 0.3 is 5.63 Å². The monoisotopic (exact) mass is 315 g/mol. The van der Waals surface area contributed by atoms with Gasteiger partial charge in [0.15, 0.2) is 0 Å². The molecule has 0 spiro atoms. The summed E-state index contributed by atoms with van der Waals surface area (Å²) in [6.45, 7) is 9.02. The predicted molar refractivity (Wildman–Crippen MR) is 91.1 cm³/mol. The molecule has 23 heavy (non-hydrogen) atoms. The second-order valence-electron chi connectivity index (χ2n) is 5.79. The second-order valence-corrected chi connectivity index (χ2v) is 5.79. The van der Waals surface area contributed by atoms with Gasteiger partial charge in [0.25, 0.3) is 5.58 Å². The molecule has 2 rings (SSSR count). The van der Waals surface area contributed by atoms with E-state index in [-0.39, 0.29) is 5.63 Å². The molecule has 1 heterocycles. The topological polar surface area (TPSA) is 53.0 Å². The maximum absolute atomic E-state index is 9.54. The fourth-order valence-electron chi connectivity index (χ4n) is 1.93. The normalized spacial score (nSPS) is 10.3. The van der Waals surface area contributed by atoms with Crippen LogP contribution in [0.15, 0.2) is 52.0 Å². The van der Waals surface area contributed by atoms with Gasteiger partial charge in [-0.05, 0) is 45.9 Å².